The standard InChI is InChI=1S/C16H22ClNO3/c1-21-14-8-6-7-12(17)16(14)13(11-15(19)20)18-9-4-2-3-5-10-18/h6-8,13H,2-5,9-11H2,1H3,(H,19,20). The number of hydrogen-bond acceptors (Lipinski definition) is 3. The number of hydrogen-bond donors (Lipinski definition) is 1. The number of rotatable bonds is 5. The highest BCUT2D eigenvalue weighted by atomic mass is 35.5. The second kappa shape index (κ2) is 7.66. The highest BCUT2D eigenvalue weighted by Crippen LogP contribution is 2.38. The summed E-state index contributed by atoms with van der Waals surface area (Å²) in [7, 11) is 1.59. The van der Waals surface area contributed by atoms with Crippen molar-refractivity contribution < 1.29 is 14.6 Å². The molecule has 1 saturated heterocycles. The van der Waals surface area contributed by atoms with E-state index in [1.807, 2.05) is 12.1 Å². The van der Waals surface area contributed by atoms with Gasteiger partial charge in [0.1, 0.15) is 5.75 Å². The van der Waals surface area contributed by atoms with Gasteiger partial charge in [0.25, 0.3) is 0 Å². The molecule has 2 rings (SSSR count). The van der Waals surface area contributed by atoms with Gasteiger partial charge in [0.15, 0.2) is 0 Å². The fourth-order valence-corrected chi connectivity index (χ4v) is 3.30. The minimum Gasteiger partial charge on any atom is -0.496 e. The van der Waals surface area contributed by atoms with Crippen LogP contribution in [0.3, 0.4) is 0 Å². The molecule has 116 valence electrons. The number of carboxylic acids is 1. The maximum absolute atomic E-state index is 11.3. The normalized spacial score (nSPS) is 18.0. The minimum absolute atomic E-state index is 0.0418. The maximum atomic E-state index is 11.3. The van der Waals surface area contributed by atoms with Gasteiger partial charge in [0.05, 0.1) is 19.6 Å². The van der Waals surface area contributed by atoms with Gasteiger partial charge in [-0.1, -0.05) is 30.5 Å². The number of aliphatic carboxylic acids is 1. The van der Waals surface area contributed by atoms with Gasteiger partial charge < -0.3 is 9.84 Å². The zero-order valence-electron chi connectivity index (χ0n) is 12.3. The Morgan fingerprint density at radius 2 is 2.00 bits per heavy atom. The van der Waals surface area contributed by atoms with Crippen LogP contribution in [0.15, 0.2) is 18.2 Å². The molecule has 0 aliphatic carbocycles. The van der Waals surface area contributed by atoms with Crippen molar-refractivity contribution in [3.05, 3.63) is 28.8 Å². The molecule has 1 N–H and O–H groups in total. The lowest BCUT2D eigenvalue weighted by Gasteiger charge is -2.31. The molecule has 0 bridgehead atoms. The summed E-state index contributed by atoms with van der Waals surface area (Å²) in [5.74, 6) is -0.149. The zero-order valence-corrected chi connectivity index (χ0v) is 13.1. The number of likely N-dealkylation sites (tertiary alicyclic amines) is 1. The van der Waals surface area contributed by atoms with Crippen molar-refractivity contribution in [2.45, 2.75) is 38.1 Å². The number of halogens is 1. The molecule has 0 amide bonds. The van der Waals surface area contributed by atoms with Gasteiger partial charge in [-0.15, -0.1) is 0 Å². The van der Waals surface area contributed by atoms with Crippen molar-refractivity contribution in [2.24, 2.45) is 0 Å². The number of carboxylic acid groups (broad SMARTS) is 1. The van der Waals surface area contributed by atoms with Crippen molar-refractivity contribution in [2.75, 3.05) is 20.2 Å². The van der Waals surface area contributed by atoms with Gasteiger partial charge in [0.2, 0.25) is 0 Å². The van der Waals surface area contributed by atoms with Crippen LogP contribution >= 0.6 is 11.6 Å². The number of nitrogens with zero attached hydrogens (tertiary/aromatic N) is 1. The van der Waals surface area contributed by atoms with E-state index in [2.05, 4.69) is 4.90 Å². The Morgan fingerprint density at radius 3 is 2.57 bits per heavy atom. The Labute approximate surface area is 130 Å². The first-order valence-corrected chi connectivity index (χ1v) is 7.79. The second-order valence-electron chi connectivity index (χ2n) is 5.42. The molecule has 0 saturated carbocycles. The van der Waals surface area contributed by atoms with E-state index in [-0.39, 0.29) is 12.5 Å². The average Bonchev–Trinajstić information content (AvgIpc) is 2.73. The van der Waals surface area contributed by atoms with Gasteiger partial charge in [-0.05, 0) is 38.1 Å². The van der Waals surface area contributed by atoms with E-state index in [0.29, 0.717) is 10.8 Å². The average molecular weight is 312 g/mol. The molecule has 4 nitrogen and oxygen atoms in total. The summed E-state index contributed by atoms with van der Waals surface area (Å²) in [6.45, 7) is 1.82. The van der Waals surface area contributed by atoms with E-state index in [4.69, 9.17) is 16.3 Å². The Morgan fingerprint density at radius 1 is 1.33 bits per heavy atom. The van der Waals surface area contributed by atoms with Crippen molar-refractivity contribution in [3.63, 3.8) is 0 Å². The van der Waals surface area contributed by atoms with E-state index in [1.165, 1.54) is 12.8 Å². The smallest absolute Gasteiger partial charge is 0.305 e. The van der Waals surface area contributed by atoms with Crippen LogP contribution < -0.4 is 4.74 Å². The second-order valence-corrected chi connectivity index (χ2v) is 5.83. The molecular weight excluding hydrogens is 290 g/mol. The summed E-state index contributed by atoms with van der Waals surface area (Å²) in [6.07, 6.45) is 4.65. The first-order valence-electron chi connectivity index (χ1n) is 7.41. The molecule has 1 aromatic carbocycles. The third kappa shape index (κ3) is 4.11. The van der Waals surface area contributed by atoms with Gasteiger partial charge in [-0.25, -0.2) is 0 Å². The van der Waals surface area contributed by atoms with Gasteiger partial charge >= 0.3 is 5.97 Å². The predicted octanol–water partition coefficient (Wildman–Crippen LogP) is 3.74. The number of benzene rings is 1. The van der Waals surface area contributed by atoms with E-state index in [9.17, 15) is 9.90 Å². The summed E-state index contributed by atoms with van der Waals surface area (Å²) in [5, 5.41) is 9.86. The molecule has 1 aliphatic rings. The largest absolute Gasteiger partial charge is 0.496 e. The SMILES string of the molecule is COc1cccc(Cl)c1C(CC(=O)O)N1CCCCCC1. The maximum Gasteiger partial charge on any atom is 0.305 e. The van der Waals surface area contributed by atoms with E-state index in [0.717, 1.165) is 31.5 Å². The zero-order chi connectivity index (χ0) is 15.2. The molecule has 1 aliphatic heterocycles. The number of ether oxygens (including phenoxy) is 1. The van der Waals surface area contributed by atoms with Crippen LogP contribution in [0.4, 0.5) is 0 Å². The van der Waals surface area contributed by atoms with Crippen LogP contribution in [0.5, 0.6) is 5.75 Å². The fourth-order valence-electron chi connectivity index (χ4n) is 3.00. The van der Waals surface area contributed by atoms with Crippen LogP contribution in [0, 0.1) is 0 Å². The Balaban J connectivity index is 2.37. The lowest BCUT2D eigenvalue weighted by atomic mass is 10.00. The molecule has 1 fully saturated rings. The van der Waals surface area contributed by atoms with E-state index < -0.39 is 5.97 Å². The first-order chi connectivity index (χ1) is 10.1. The quantitative estimate of drug-likeness (QED) is 0.900. The van der Waals surface area contributed by atoms with Crippen LogP contribution in [-0.4, -0.2) is 36.2 Å². The van der Waals surface area contributed by atoms with E-state index in [1.54, 1.807) is 13.2 Å². The summed E-state index contributed by atoms with van der Waals surface area (Å²) in [6, 6.07) is 5.23. The Kier molecular flexibility index (Phi) is 5.88. The summed E-state index contributed by atoms with van der Waals surface area (Å²) in [4.78, 5) is 13.6. The fraction of sp³-hybridized carbons (Fsp3) is 0.562. The molecule has 1 unspecified atom stereocenters. The molecule has 1 atom stereocenters. The topological polar surface area (TPSA) is 49.8 Å². The van der Waals surface area contributed by atoms with Crippen LogP contribution in [0.25, 0.3) is 0 Å². The third-order valence-corrected chi connectivity index (χ3v) is 4.35. The highest BCUT2D eigenvalue weighted by Gasteiger charge is 2.28. The monoisotopic (exact) mass is 311 g/mol. The van der Waals surface area contributed by atoms with Crippen molar-refractivity contribution in [3.8, 4) is 5.75 Å². The molecule has 0 radical (unpaired) electrons. The summed E-state index contributed by atoms with van der Waals surface area (Å²) < 4.78 is 5.41. The molecular formula is C16H22ClNO3. The molecule has 0 spiro atoms. The van der Waals surface area contributed by atoms with Crippen LogP contribution in [-0.2, 0) is 4.79 Å². The molecule has 5 heteroatoms. The van der Waals surface area contributed by atoms with Crippen molar-refractivity contribution in [1.29, 1.82) is 0 Å². The number of methoxy groups -OCH3 is 1. The van der Waals surface area contributed by atoms with E-state index >= 15 is 0 Å². The third-order valence-electron chi connectivity index (χ3n) is 4.02. The van der Waals surface area contributed by atoms with Gasteiger partial charge in [0, 0.05) is 10.6 Å². The lowest BCUT2D eigenvalue weighted by Crippen LogP contribution is -2.32. The van der Waals surface area contributed by atoms with Gasteiger partial charge in [-0.3, -0.25) is 9.69 Å². The summed E-state index contributed by atoms with van der Waals surface area (Å²) >= 11 is 6.35. The van der Waals surface area contributed by atoms with Crippen LogP contribution in [0.1, 0.15) is 43.7 Å². The van der Waals surface area contributed by atoms with Crippen molar-refractivity contribution in [1.82, 2.24) is 4.90 Å². The molecule has 1 heterocycles. The highest BCUT2D eigenvalue weighted by molar-refractivity contribution is 6.31. The predicted molar refractivity (Wildman–Crippen MR) is 83.0 cm³/mol. The summed E-state index contributed by atoms with van der Waals surface area (Å²) in [5.41, 5.74) is 0.797. The van der Waals surface area contributed by atoms with Gasteiger partial charge in [-0.2, -0.15) is 0 Å². The van der Waals surface area contributed by atoms with Crippen LogP contribution in [0.2, 0.25) is 5.02 Å². The Bertz CT molecular complexity index is 484. The molecule has 1 aromatic rings. The minimum atomic E-state index is -0.814. The Hall–Kier alpha value is -1.26. The molecule has 21 heavy (non-hydrogen) atoms. The number of carbonyl (C=O) groups is 1. The van der Waals surface area contributed by atoms with Crippen molar-refractivity contribution >= 4 is 17.6 Å². The first kappa shape index (κ1) is 16.1. The lowest BCUT2D eigenvalue weighted by molar-refractivity contribution is -0.138. The molecule has 0 aromatic heterocycles.